The number of thioether (sulfide) groups is 1. The first-order valence-electron chi connectivity index (χ1n) is 6.98. The zero-order valence-corrected chi connectivity index (χ0v) is 13.9. The van der Waals surface area contributed by atoms with Gasteiger partial charge in [-0.15, -0.1) is 0 Å². The minimum Gasteiger partial charge on any atom is -0.481 e. The minimum atomic E-state index is -1.15. The van der Waals surface area contributed by atoms with Crippen LogP contribution in [0.15, 0.2) is 0 Å². The van der Waals surface area contributed by atoms with E-state index in [-0.39, 0.29) is 19.3 Å². The molecule has 0 radical (unpaired) electrons. The Morgan fingerprint density at radius 3 is 2.17 bits per heavy atom. The topological polar surface area (TPSA) is 159 Å². The number of carbonyl (C=O) groups excluding carboxylic acids is 2. The summed E-state index contributed by atoms with van der Waals surface area (Å²) < 4.78 is 0. The van der Waals surface area contributed by atoms with Crippen molar-refractivity contribution in [1.82, 2.24) is 10.6 Å². The molecule has 0 bridgehead atoms. The van der Waals surface area contributed by atoms with Crippen LogP contribution < -0.4 is 16.4 Å². The molecule has 0 unspecified atom stereocenters. The molecule has 3 atom stereocenters. The van der Waals surface area contributed by atoms with Gasteiger partial charge in [0.25, 0.3) is 0 Å². The Bertz CT molecular complexity index is 445. The summed E-state index contributed by atoms with van der Waals surface area (Å²) >= 11 is 1.46. The summed E-state index contributed by atoms with van der Waals surface area (Å²) in [5.41, 5.74) is 5.53. The summed E-state index contributed by atoms with van der Waals surface area (Å²) in [7, 11) is 0. The van der Waals surface area contributed by atoms with Crippen LogP contribution in [0, 0.1) is 0 Å². The van der Waals surface area contributed by atoms with Crippen molar-refractivity contribution in [2.75, 3.05) is 12.0 Å². The van der Waals surface area contributed by atoms with E-state index in [2.05, 4.69) is 10.6 Å². The van der Waals surface area contributed by atoms with Crippen LogP contribution in [0.25, 0.3) is 0 Å². The molecule has 0 heterocycles. The number of amides is 2. The Kier molecular flexibility index (Phi) is 9.99. The average molecular weight is 349 g/mol. The number of hydrogen-bond donors (Lipinski definition) is 5. The van der Waals surface area contributed by atoms with Crippen LogP contribution in [0.2, 0.25) is 0 Å². The predicted molar refractivity (Wildman–Crippen MR) is 85.0 cm³/mol. The second-order valence-electron chi connectivity index (χ2n) is 4.95. The van der Waals surface area contributed by atoms with Crippen molar-refractivity contribution in [2.24, 2.45) is 5.73 Å². The minimum absolute atomic E-state index is 0.0546. The predicted octanol–water partition coefficient (Wildman–Crippen LogP) is -0.994. The highest BCUT2D eigenvalue weighted by Gasteiger charge is 2.25. The van der Waals surface area contributed by atoms with E-state index < -0.39 is 41.9 Å². The highest BCUT2D eigenvalue weighted by Crippen LogP contribution is 2.02. The number of carboxylic acids is 2. The highest BCUT2D eigenvalue weighted by atomic mass is 32.2. The van der Waals surface area contributed by atoms with Crippen molar-refractivity contribution < 1.29 is 29.4 Å². The van der Waals surface area contributed by atoms with E-state index in [0.29, 0.717) is 5.75 Å². The normalized spacial score (nSPS) is 14.4. The molecule has 9 nitrogen and oxygen atoms in total. The highest BCUT2D eigenvalue weighted by molar-refractivity contribution is 7.98. The molecule has 0 spiro atoms. The van der Waals surface area contributed by atoms with E-state index in [1.165, 1.54) is 18.7 Å². The van der Waals surface area contributed by atoms with Gasteiger partial charge in [-0.05, 0) is 31.8 Å². The molecule has 0 aliphatic rings. The SMILES string of the molecule is CSCC[C@H](NC(=O)[C@H](C)NC(=O)[C@@H](N)CCC(=O)O)C(=O)O. The van der Waals surface area contributed by atoms with Crippen LogP contribution in [0.1, 0.15) is 26.2 Å². The molecular formula is C13H23N3O6S. The zero-order chi connectivity index (χ0) is 18.0. The van der Waals surface area contributed by atoms with Gasteiger partial charge in [-0.2, -0.15) is 11.8 Å². The first kappa shape index (κ1) is 21.2. The van der Waals surface area contributed by atoms with Crippen molar-refractivity contribution >= 4 is 35.5 Å². The van der Waals surface area contributed by atoms with E-state index in [0.717, 1.165) is 0 Å². The number of hydrogen-bond acceptors (Lipinski definition) is 6. The summed E-state index contributed by atoms with van der Waals surface area (Å²) in [4.78, 5) is 45.1. The first-order chi connectivity index (χ1) is 10.7. The molecule has 6 N–H and O–H groups in total. The zero-order valence-electron chi connectivity index (χ0n) is 13.1. The second-order valence-corrected chi connectivity index (χ2v) is 5.94. The number of rotatable bonds is 11. The molecule has 132 valence electrons. The average Bonchev–Trinajstić information content (AvgIpc) is 2.47. The largest absolute Gasteiger partial charge is 0.481 e. The molecule has 2 amide bonds. The van der Waals surface area contributed by atoms with Gasteiger partial charge in [0.1, 0.15) is 12.1 Å². The molecular weight excluding hydrogens is 326 g/mol. The summed E-state index contributed by atoms with van der Waals surface area (Å²) in [6, 6.07) is -3.06. The second kappa shape index (κ2) is 10.8. The van der Waals surface area contributed by atoms with E-state index in [1.807, 2.05) is 6.26 Å². The fourth-order valence-corrected chi connectivity index (χ4v) is 2.06. The number of carboxylic acid groups (broad SMARTS) is 2. The van der Waals surface area contributed by atoms with Gasteiger partial charge < -0.3 is 26.6 Å². The monoisotopic (exact) mass is 349 g/mol. The molecule has 0 rings (SSSR count). The van der Waals surface area contributed by atoms with Crippen molar-refractivity contribution in [3.05, 3.63) is 0 Å². The Balaban J connectivity index is 4.44. The molecule has 0 fully saturated rings. The van der Waals surface area contributed by atoms with Gasteiger partial charge in [0.15, 0.2) is 0 Å². The number of nitrogens with one attached hydrogen (secondary N) is 2. The summed E-state index contributed by atoms with van der Waals surface area (Å²) in [5, 5.41) is 22.2. The Morgan fingerprint density at radius 2 is 1.70 bits per heavy atom. The molecule has 0 aromatic carbocycles. The third-order valence-corrected chi connectivity index (χ3v) is 3.63. The van der Waals surface area contributed by atoms with E-state index in [4.69, 9.17) is 15.9 Å². The van der Waals surface area contributed by atoms with Crippen LogP contribution in [0.4, 0.5) is 0 Å². The molecule has 23 heavy (non-hydrogen) atoms. The van der Waals surface area contributed by atoms with Gasteiger partial charge in [-0.25, -0.2) is 4.79 Å². The molecule has 0 aliphatic carbocycles. The van der Waals surface area contributed by atoms with Gasteiger partial charge in [0, 0.05) is 6.42 Å². The summed E-state index contributed by atoms with van der Waals surface area (Å²) in [6.07, 6.45) is 1.77. The van der Waals surface area contributed by atoms with Gasteiger partial charge >= 0.3 is 11.9 Å². The molecule has 0 aromatic rings. The molecule has 10 heteroatoms. The van der Waals surface area contributed by atoms with Gasteiger partial charge in [-0.1, -0.05) is 0 Å². The lowest BCUT2D eigenvalue weighted by Gasteiger charge is -2.20. The smallest absolute Gasteiger partial charge is 0.326 e. The van der Waals surface area contributed by atoms with Crippen LogP contribution in [-0.2, 0) is 19.2 Å². The van der Waals surface area contributed by atoms with Gasteiger partial charge in [0.05, 0.1) is 6.04 Å². The van der Waals surface area contributed by atoms with E-state index in [9.17, 15) is 19.2 Å². The van der Waals surface area contributed by atoms with Crippen molar-refractivity contribution in [1.29, 1.82) is 0 Å². The fraction of sp³-hybridized carbons (Fsp3) is 0.692. The van der Waals surface area contributed by atoms with Crippen molar-refractivity contribution in [2.45, 2.75) is 44.3 Å². The molecule has 0 saturated carbocycles. The number of carbonyl (C=O) groups is 4. The van der Waals surface area contributed by atoms with Crippen molar-refractivity contribution in [3.8, 4) is 0 Å². The lowest BCUT2D eigenvalue weighted by Crippen LogP contribution is -2.53. The molecule has 0 saturated heterocycles. The molecule has 0 aliphatic heterocycles. The van der Waals surface area contributed by atoms with Crippen LogP contribution in [-0.4, -0.2) is 64.1 Å². The number of aliphatic carboxylic acids is 2. The standard InChI is InChI=1S/C13H23N3O6S/c1-7(15-12(20)8(14)3-4-10(17)18)11(19)16-9(13(21)22)5-6-23-2/h7-9H,3-6,14H2,1-2H3,(H,15,20)(H,16,19)(H,17,18)(H,21,22)/t7-,8-,9-/m0/s1. The summed E-state index contributed by atoms with van der Waals surface area (Å²) in [5.74, 6) is -2.96. The van der Waals surface area contributed by atoms with Crippen LogP contribution in [0.3, 0.4) is 0 Å². The maximum Gasteiger partial charge on any atom is 0.326 e. The van der Waals surface area contributed by atoms with Crippen LogP contribution in [0.5, 0.6) is 0 Å². The molecule has 0 aromatic heterocycles. The maximum atomic E-state index is 11.9. The Hall–Kier alpha value is -1.81. The maximum absolute atomic E-state index is 11.9. The van der Waals surface area contributed by atoms with E-state index >= 15 is 0 Å². The van der Waals surface area contributed by atoms with Gasteiger partial charge in [0.2, 0.25) is 11.8 Å². The van der Waals surface area contributed by atoms with Crippen molar-refractivity contribution in [3.63, 3.8) is 0 Å². The van der Waals surface area contributed by atoms with Crippen LogP contribution >= 0.6 is 11.8 Å². The first-order valence-corrected chi connectivity index (χ1v) is 8.38. The van der Waals surface area contributed by atoms with E-state index in [1.54, 1.807) is 0 Å². The third kappa shape index (κ3) is 9.04. The van der Waals surface area contributed by atoms with Gasteiger partial charge in [-0.3, -0.25) is 14.4 Å². The third-order valence-electron chi connectivity index (χ3n) is 2.98. The Labute approximate surface area is 138 Å². The lowest BCUT2D eigenvalue weighted by molar-refractivity contribution is -0.142. The number of nitrogens with two attached hydrogens (primary N) is 1. The summed E-state index contributed by atoms with van der Waals surface area (Å²) in [6.45, 7) is 1.39. The lowest BCUT2D eigenvalue weighted by atomic mass is 10.1. The fourth-order valence-electron chi connectivity index (χ4n) is 1.59. The Morgan fingerprint density at radius 1 is 1.09 bits per heavy atom. The quantitative estimate of drug-likeness (QED) is 0.318.